The van der Waals surface area contributed by atoms with Crippen molar-refractivity contribution >= 4 is 29.3 Å². The van der Waals surface area contributed by atoms with Crippen LogP contribution in [0.25, 0.3) is 0 Å². The first-order chi connectivity index (χ1) is 15.6. The van der Waals surface area contributed by atoms with E-state index in [1.54, 1.807) is 0 Å². The predicted molar refractivity (Wildman–Crippen MR) is 131 cm³/mol. The lowest BCUT2D eigenvalue weighted by atomic mass is 9.85. The molecule has 3 nitrogen and oxygen atoms in total. The molecule has 0 saturated heterocycles. The van der Waals surface area contributed by atoms with E-state index in [9.17, 15) is 15.0 Å². The first-order valence-electron chi connectivity index (χ1n) is 10.7. The van der Waals surface area contributed by atoms with Gasteiger partial charge in [0.15, 0.2) is 5.78 Å². The number of thioether (sulfide) groups is 2. The second-order valence-corrected chi connectivity index (χ2v) is 10.1. The molecule has 1 aliphatic carbocycles. The fraction of sp³-hybridized carbons (Fsp3) is 0.222. The normalized spacial score (nSPS) is 18.8. The van der Waals surface area contributed by atoms with Gasteiger partial charge in [-0.25, -0.2) is 0 Å². The summed E-state index contributed by atoms with van der Waals surface area (Å²) in [6.45, 7) is 0.0306. The van der Waals surface area contributed by atoms with Gasteiger partial charge in [-0.3, -0.25) is 4.79 Å². The molecule has 164 valence electrons. The third-order valence-electron chi connectivity index (χ3n) is 5.58. The van der Waals surface area contributed by atoms with Crippen molar-refractivity contribution in [2.75, 3.05) is 0 Å². The summed E-state index contributed by atoms with van der Waals surface area (Å²) in [6, 6.07) is 27.6. The summed E-state index contributed by atoms with van der Waals surface area (Å²) in [5.41, 5.74) is 2.03. The zero-order chi connectivity index (χ0) is 22.3. The monoisotopic (exact) mass is 462 g/mol. The molecule has 0 bridgehead atoms. The van der Waals surface area contributed by atoms with Gasteiger partial charge >= 0.3 is 0 Å². The van der Waals surface area contributed by atoms with Crippen molar-refractivity contribution in [1.82, 2.24) is 0 Å². The molecule has 32 heavy (non-hydrogen) atoms. The Hall–Kier alpha value is -2.31. The number of benzene rings is 3. The van der Waals surface area contributed by atoms with E-state index in [-0.39, 0.29) is 18.3 Å². The SMILES string of the molecule is O=C1CC(CCc2ccc(CO)cc2)C(O)C(Sc2ccccc2)=C1Sc1ccccc1. The fourth-order valence-electron chi connectivity index (χ4n) is 3.79. The molecule has 0 heterocycles. The van der Waals surface area contributed by atoms with Gasteiger partial charge in [0, 0.05) is 21.1 Å². The molecule has 0 amide bonds. The zero-order valence-corrected chi connectivity index (χ0v) is 19.3. The molecule has 3 aromatic rings. The van der Waals surface area contributed by atoms with E-state index in [4.69, 9.17) is 0 Å². The molecule has 0 spiro atoms. The molecule has 0 saturated carbocycles. The van der Waals surface area contributed by atoms with E-state index in [2.05, 4.69) is 0 Å². The van der Waals surface area contributed by atoms with Crippen molar-refractivity contribution in [3.8, 4) is 0 Å². The van der Waals surface area contributed by atoms with Crippen LogP contribution < -0.4 is 0 Å². The zero-order valence-electron chi connectivity index (χ0n) is 17.7. The van der Waals surface area contributed by atoms with Gasteiger partial charge in [0.05, 0.1) is 17.6 Å². The molecular weight excluding hydrogens is 436 g/mol. The molecule has 0 fully saturated rings. The van der Waals surface area contributed by atoms with Crippen LogP contribution in [0.2, 0.25) is 0 Å². The highest BCUT2D eigenvalue weighted by Gasteiger charge is 2.36. The molecule has 0 aromatic heterocycles. The Morgan fingerprint density at radius 1 is 0.781 bits per heavy atom. The van der Waals surface area contributed by atoms with Crippen LogP contribution in [0.3, 0.4) is 0 Å². The average molecular weight is 463 g/mol. The predicted octanol–water partition coefficient (Wildman–Crippen LogP) is 5.86. The maximum atomic E-state index is 13.2. The number of allylic oxidation sites excluding steroid dienone is 1. The van der Waals surface area contributed by atoms with Gasteiger partial charge in [-0.15, -0.1) is 0 Å². The minimum Gasteiger partial charge on any atom is -0.392 e. The van der Waals surface area contributed by atoms with Crippen molar-refractivity contribution in [1.29, 1.82) is 0 Å². The Morgan fingerprint density at radius 2 is 1.34 bits per heavy atom. The van der Waals surface area contributed by atoms with Crippen LogP contribution in [0.4, 0.5) is 0 Å². The van der Waals surface area contributed by atoms with E-state index in [0.717, 1.165) is 38.7 Å². The van der Waals surface area contributed by atoms with Gasteiger partial charge in [0.2, 0.25) is 0 Å². The van der Waals surface area contributed by atoms with Crippen LogP contribution in [-0.4, -0.2) is 22.1 Å². The summed E-state index contributed by atoms with van der Waals surface area (Å²) < 4.78 is 0. The van der Waals surface area contributed by atoms with E-state index in [0.29, 0.717) is 11.3 Å². The van der Waals surface area contributed by atoms with E-state index < -0.39 is 6.10 Å². The lowest BCUT2D eigenvalue weighted by Crippen LogP contribution is -2.31. The largest absolute Gasteiger partial charge is 0.392 e. The smallest absolute Gasteiger partial charge is 0.170 e. The van der Waals surface area contributed by atoms with E-state index in [1.807, 2.05) is 84.9 Å². The number of aryl methyl sites for hydroxylation is 1. The maximum Gasteiger partial charge on any atom is 0.170 e. The Morgan fingerprint density at radius 3 is 1.94 bits per heavy atom. The Labute approximate surface area is 197 Å². The summed E-state index contributed by atoms with van der Waals surface area (Å²) in [7, 11) is 0. The third kappa shape index (κ3) is 5.73. The van der Waals surface area contributed by atoms with Crippen molar-refractivity contribution in [2.45, 2.75) is 41.8 Å². The van der Waals surface area contributed by atoms with E-state index in [1.165, 1.54) is 23.5 Å². The van der Waals surface area contributed by atoms with Crippen molar-refractivity contribution in [3.05, 3.63) is 106 Å². The molecule has 2 atom stereocenters. The summed E-state index contributed by atoms with van der Waals surface area (Å²) >= 11 is 2.94. The van der Waals surface area contributed by atoms with Crippen molar-refractivity contribution in [2.24, 2.45) is 5.92 Å². The van der Waals surface area contributed by atoms with Gasteiger partial charge in [0.1, 0.15) is 0 Å². The number of rotatable bonds is 8. The fourth-order valence-corrected chi connectivity index (χ4v) is 6.05. The van der Waals surface area contributed by atoms with Crippen LogP contribution in [-0.2, 0) is 17.8 Å². The number of hydrogen-bond acceptors (Lipinski definition) is 5. The Bertz CT molecular complexity index is 1060. The number of hydrogen-bond donors (Lipinski definition) is 2. The maximum absolute atomic E-state index is 13.2. The quantitative estimate of drug-likeness (QED) is 0.439. The lowest BCUT2D eigenvalue weighted by molar-refractivity contribution is -0.117. The van der Waals surface area contributed by atoms with Gasteiger partial charge in [-0.1, -0.05) is 84.2 Å². The minimum absolute atomic E-state index is 0.0306. The number of aliphatic hydroxyl groups is 2. The highest BCUT2D eigenvalue weighted by Crippen LogP contribution is 2.45. The Kier molecular flexibility index (Phi) is 7.87. The second-order valence-electron chi connectivity index (χ2n) is 7.87. The van der Waals surface area contributed by atoms with Crippen LogP contribution in [0.1, 0.15) is 24.0 Å². The molecule has 2 unspecified atom stereocenters. The first-order valence-corrected chi connectivity index (χ1v) is 12.4. The van der Waals surface area contributed by atoms with Gasteiger partial charge in [-0.2, -0.15) is 0 Å². The minimum atomic E-state index is -0.680. The van der Waals surface area contributed by atoms with Crippen LogP contribution in [0.15, 0.2) is 105 Å². The summed E-state index contributed by atoms with van der Waals surface area (Å²) in [4.78, 5) is 16.6. The highest BCUT2D eigenvalue weighted by atomic mass is 32.2. The van der Waals surface area contributed by atoms with E-state index >= 15 is 0 Å². The molecular formula is C27H26O3S2. The summed E-state index contributed by atoms with van der Waals surface area (Å²) in [5.74, 6) is -0.0189. The highest BCUT2D eigenvalue weighted by molar-refractivity contribution is 8.07. The summed E-state index contributed by atoms with van der Waals surface area (Å²) in [5, 5.41) is 20.6. The molecule has 0 radical (unpaired) electrons. The number of aliphatic hydroxyl groups excluding tert-OH is 2. The molecule has 0 aliphatic heterocycles. The third-order valence-corrected chi connectivity index (χ3v) is 8.05. The Balaban J connectivity index is 1.57. The van der Waals surface area contributed by atoms with Gasteiger partial charge in [0.25, 0.3) is 0 Å². The van der Waals surface area contributed by atoms with Gasteiger partial charge < -0.3 is 10.2 Å². The van der Waals surface area contributed by atoms with Crippen LogP contribution in [0.5, 0.6) is 0 Å². The van der Waals surface area contributed by atoms with Gasteiger partial charge in [-0.05, 0) is 54.2 Å². The number of Topliss-reactive ketones (excluding diaryl/α,β-unsaturated/α-hetero) is 1. The molecule has 3 aromatic carbocycles. The van der Waals surface area contributed by atoms with Crippen molar-refractivity contribution < 1.29 is 15.0 Å². The second kappa shape index (κ2) is 11.0. The van der Waals surface area contributed by atoms with Crippen LogP contribution in [0, 0.1) is 5.92 Å². The molecule has 4 rings (SSSR count). The van der Waals surface area contributed by atoms with Crippen LogP contribution >= 0.6 is 23.5 Å². The summed E-state index contributed by atoms with van der Waals surface area (Å²) in [6.07, 6.45) is 1.18. The average Bonchev–Trinajstić information content (AvgIpc) is 2.84. The first kappa shape index (κ1) is 22.9. The topological polar surface area (TPSA) is 57.5 Å². The molecule has 5 heteroatoms. The number of ketones is 1. The standard InChI is InChI=1S/C27H26O3S2/c28-18-20-13-11-19(12-14-20)15-16-21-17-24(29)26(31-22-7-3-1-4-8-22)27(25(21)30)32-23-9-5-2-6-10-23/h1-14,21,25,28,30H,15-18H2. The number of carbonyl (C=O) groups excluding carboxylic acids is 1. The number of carbonyl (C=O) groups is 1. The lowest BCUT2D eigenvalue weighted by Gasteiger charge is -2.31. The molecule has 2 N–H and O–H groups in total. The van der Waals surface area contributed by atoms with Crippen molar-refractivity contribution in [3.63, 3.8) is 0 Å². The molecule has 1 aliphatic rings.